The van der Waals surface area contributed by atoms with Crippen molar-refractivity contribution in [3.05, 3.63) is 54.1 Å². The molecule has 126 valence electrons. The number of benzene rings is 2. The molecular formula is C16H14F2N2O3S. The van der Waals surface area contributed by atoms with Crippen LogP contribution in [0.5, 0.6) is 0 Å². The molecular weight excluding hydrogens is 338 g/mol. The predicted molar refractivity (Wildman–Crippen MR) is 85.0 cm³/mol. The third-order valence-corrected chi connectivity index (χ3v) is 4.93. The Morgan fingerprint density at radius 2 is 1.58 bits per heavy atom. The number of hydrogen-bond donors (Lipinski definition) is 2. The van der Waals surface area contributed by atoms with Gasteiger partial charge >= 0.3 is 0 Å². The molecule has 0 saturated heterocycles. The van der Waals surface area contributed by atoms with Crippen LogP contribution in [-0.4, -0.2) is 14.3 Å². The van der Waals surface area contributed by atoms with Gasteiger partial charge in [-0.1, -0.05) is 0 Å². The smallest absolute Gasteiger partial charge is 0.261 e. The van der Waals surface area contributed by atoms with Crippen LogP contribution in [0, 0.1) is 17.6 Å². The molecule has 1 aliphatic rings. The minimum Gasteiger partial charge on any atom is -0.326 e. The molecule has 0 spiro atoms. The minimum atomic E-state index is -4.04. The zero-order valence-electron chi connectivity index (χ0n) is 12.4. The fraction of sp³-hybridized carbons (Fsp3) is 0.188. The maximum absolute atomic E-state index is 13.2. The number of anilines is 2. The number of carbonyl (C=O) groups excluding carboxylic acids is 1. The molecule has 1 amide bonds. The Hall–Kier alpha value is -2.48. The van der Waals surface area contributed by atoms with Gasteiger partial charge in [-0.05, 0) is 55.3 Å². The van der Waals surface area contributed by atoms with Crippen LogP contribution in [-0.2, 0) is 14.8 Å². The van der Waals surface area contributed by atoms with E-state index < -0.39 is 21.7 Å². The van der Waals surface area contributed by atoms with Gasteiger partial charge in [0, 0.05) is 17.3 Å². The van der Waals surface area contributed by atoms with E-state index in [1.807, 2.05) is 0 Å². The number of amides is 1. The van der Waals surface area contributed by atoms with Crippen LogP contribution >= 0.6 is 0 Å². The van der Waals surface area contributed by atoms with Gasteiger partial charge < -0.3 is 5.32 Å². The van der Waals surface area contributed by atoms with E-state index in [4.69, 9.17) is 0 Å². The molecule has 1 aliphatic carbocycles. The third kappa shape index (κ3) is 3.70. The van der Waals surface area contributed by atoms with Crippen molar-refractivity contribution in [2.75, 3.05) is 10.0 Å². The quantitative estimate of drug-likeness (QED) is 0.868. The first kappa shape index (κ1) is 16.4. The highest BCUT2D eigenvalue weighted by atomic mass is 32.2. The number of halogens is 2. The Bertz CT molecular complexity index is 879. The van der Waals surface area contributed by atoms with Gasteiger partial charge in [0.25, 0.3) is 10.0 Å². The zero-order valence-corrected chi connectivity index (χ0v) is 13.2. The monoisotopic (exact) mass is 352 g/mol. The van der Waals surface area contributed by atoms with Crippen LogP contribution < -0.4 is 10.0 Å². The number of sulfonamides is 1. The molecule has 0 aromatic heterocycles. The van der Waals surface area contributed by atoms with Gasteiger partial charge in [0.2, 0.25) is 5.91 Å². The summed E-state index contributed by atoms with van der Waals surface area (Å²) in [5.41, 5.74) is 0.798. The first-order chi connectivity index (χ1) is 11.3. The number of rotatable bonds is 5. The summed E-state index contributed by atoms with van der Waals surface area (Å²) >= 11 is 0. The Morgan fingerprint density at radius 3 is 2.17 bits per heavy atom. The third-order valence-electron chi connectivity index (χ3n) is 3.55. The van der Waals surface area contributed by atoms with Crippen molar-refractivity contribution in [2.24, 2.45) is 5.92 Å². The normalized spacial score (nSPS) is 14.2. The molecule has 0 unspecified atom stereocenters. The molecule has 0 atom stereocenters. The highest BCUT2D eigenvalue weighted by molar-refractivity contribution is 7.92. The first-order valence-electron chi connectivity index (χ1n) is 7.24. The summed E-state index contributed by atoms with van der Waals surface area (Å²) in [5, 5.41) is 2.73. The van der Waals surface area contributed by atoms with Crippen LogP contribution in [0.25, 0.3) is 0 Å². The van der Waals surface area contributed by atoms with E-state index in [-0.39, 0.29) is 22.4 Å². The minimum absolute atomic E-state index is 0.0508. The van der Waals surface area contributed by atoms with Crippen molar-refractivity contribution in [3.8, 4) is 0 Å². The Kier molecular flexibility index (Phi) is 4.23. The van der Waals surface area contributed by atoms with Gasteiger partial charge in [-0.3, -0.25) is 9.52 Å². The summed E-state index contributed by atoms with van der Waals surface area (Å²) in [4.78, 5) is 11.3. The van der Waals surface area contributed by atoms with Crippen LogP contribution in [0.1, 0.15) is 12.8 Å². The van der Waals surface area contributed by atoms with Crippen molar-refractivity contribution in [1.82, 2.24) is 0 Å². The fourth-order valence-electron chi connectivity index (χ4n) is 2.07. The van der Waals surface area contributed by atoms with Crippen LogP contribution in [0.2, 0.25) is 0 Å². The molecule has 2 aromatic rings. The molecule has 0 radical (unpaired) electrons. The van der Waals surface area contributed by atoms with Crippen LogP contribution in [0.3, 0.4) is 0 Å². The van der Waals surface area contributed by atoms with Crippen molar-refractivity contribution < 1.29 is 22.0 Å². The summed E-state index contributed by atoms with van der Waals surface area (Å²) in [6.45, 7) is 0. The molecule has 0 bridgehead atoms. The maximum Gasteiger partial charge on any atom is 0.261 e. The van der Waals surface area contributed by atoms with Crippen molar-refractivity contribution in [2.45, 2.75) is 17.7 Å². The number of carbonyl (C=O) groups is 1. The van der Waals surface area contributed by atoms with Gasteiger partial charge in [0.1, 0.15) is 0 Å². The second-order valence-corrected chi connectivity index (χ2v) is 7.20. The molecule has 2 N–H and O–H groups in total. The lowest BCUT2D eigenvalue weighted by Crippen LogP contribution is -2.14. The molecule has 8 heteroatoms. The van der Waals surface area contributed by atoms with E-state index in [0.29, 0.717) is 11.8 Å². The number of hydrogen-bond acceptors (Lipinski definition) is 3. The van der Waals surface area contributed by atoms with Crippen LogP contribution in [0.15, 0.2) is 47.4 Å². The van der Waals surface area contributed by atoms with E-state index in [9.17, 15) is 22.0 Å². The van der Waals surface area contributed by atoms with E-state index in [2.05, 4.69) is 10.0 Å². The lowest BCUT2D eigenvalue weighted by molar-refractivity contribution is -0.117. The summed E-state index contributed by atoms with van der Waals surface area (Å²) in [6.07, 6.45) is 1.77. The average Bonchev–Trinajstić information content (AvgIpc) is 3.36. The largest absolute Gasteiger partial charge is 0.326 e. The predicted octanol–water partition coefficient (Wildman–Crippen LogP) is 3.11. The summed E-state index contributed by atoms with van der Waals surface area (Å²) < 4.78 is 52.7. The van der Waals surface area contributed by atoms with E-state index in [0.717, 1.165) is 25.0 Å². The maximum atomic E-state index is 13.2. The lowest BCUT2D eigenvalue weighted by atomic mass is 10.2. The second kappa shape index (κ2) is 6.20. The van der Waals surface area contributed by atoms with Gasteiger partial charge in [-0.15, -0.1) is 0 Å². The molecule has 5 nitrogen and oxygen atoms in total. The van der Waals surface area contributed by atoms with Gasteiger partial charge in [-0.2, -0.15) is 0 Å². The molecule has 3 rings (SSSR count). The van der Waals surface area contributed by atoms with E-state index in [1.165, 1.54) is 12.1 Å². The highest BCUT2D eigenvalue weighted by Crippen LogP contribution is 2.30. The van der Waals surface area contributed by atoms with Crippen molar-refractivity contribution in [1.29, 1.82) is 0 Å². The summed E-state index contributed by atoms with van der Waals surface area (Å²) in [7, 11) is -4.04. The Labute approximate surface area is 137 Å². The molecule has 1 fully saturated rings. The fourth-order valence-corrected chi connectivity index (χ4v) is 3.14. The Morgan fingerprint density at radius 1 is 0.958 bits per heavy atom. The zero-order chi connectivity index (χ0) is 17.3. The van der Waals surface area contributed by atoms with Crippen molar-refractivity contribution in [3.63, 3.8) is 0 Å². The highest BCUT2D eigenvalue weighted by Gasteiger charge is 2.29. The lowest BCUT2D eigenvalue weighted by Gasteiger charge is -2.10. The van der Waals surface area contributed by atoms with Gasteiger partial charge in [-0.25, -0.2) is 17.2 Å². The van der Waals surface area contributed by atoms with Gasteiger partial charge in [0.15, 0.2) is 11.6 Å². The molecule has 2 aromatic carbocycles. The van der Waals surface area contributed by atoms with Crippen LogP contribution in [0.4, 0.5) is 20.2 Å². The molecule has 0 aliphatic heterocycles. The first-order valence-corrected chi connectivity index (χ1v) is 8.72. The molecule has 1 saturated carbocycles. The van der Waals surface area contributed by atoms with E-state index >= 15 is 0 Å². The second-order valence-electron chi connectivity index (χ2n) is 5.52. The molecule has 24 heavy (non-hydrogen) atoms. The SMILES string of the molecule is O=C(Nc1ccc(NS(=O)(=O)c2ccc(F)c(F)c2)cc1)C1CC1. The average molecular weight is 352 g/mol. The Balaban J connectivity index is 1.72. The van der Waals surface area contributed by atoms with Crippen molar-refractivity contribution >= 4 is 27.3 Å². The topological polar surface area (TPSA) is 75.3 Å². The van der Waals surface area contributed by atoms with E-state index in [1.54, 1.807) is 12.1 Å². The number of nitrogens with one attached hydrogen (secondary N) is 2. The summed E-state index contributed by atoms with van der Waals surface area (Å²) in [5.74, 6) is -2.35. The summed E-state index contributed by atoms with van der Waals surface area (Å²) in [6, 6.07) is 8.40. The molecule has 0 heterocycles. The van der Waals surface area contributed by atoms with Gasteiger partial charge in [0.05, 0.1) is 4.90 Å². The standard InChI is InChI=1S/C16H14F2N2O3S/c17-14-8-7-13(9-15(14)18)24(22,23)20-12-5-3-11(4-6-12)19-16(21)10-1-2-10/h3-10,20H,1-2H2,(H,19,21).